The Morgan fingerprint density at radius 3 is 2.76 bits per heavy atom. The molecule has 0 radical (unpaired) electrons. The van der Waals surface area contributed by atoms with Gasteiger partial charge in [-0.05, 0) is 25.8 Å². The van der Waals surface area contributed by atoms with E-state index in [1.54, 1.807) is 0 Å². The maximum atomic E-state index is 4.68. The molecule has 17 heavy (non-hydrogen) atoms. The van der Waals surface area contributed by atoms with E-state index in [-0.39, 0.29) is 0 Å². The third-order valence-corrected chi connectivity index (χ3v) is 2.87. The number of rotatable bonds is 6. The fourth-order valence-corrected chi connectivity index (χ4v) is 2.01. The SMILES string of the molecule is CNCc1cncc(N(CC(C)C)C2CC2)n1. The molecule has 0 aromatic carbocycles. The average molecular weight is 234 g/mol. The van der Waals surface area contributed by atoms with Crippen LogP contribution in [-0.2, 0) is 6.54 Å². The van der Waals surface area contributed by atoms with Gasteiger partial charge in [0.1, 0.15) is 5.82 Å². The van der Waals surface area contributed by atoms with Gasteiger partial charge in [-0.1, -0.05) is 13.8 Å². The van der Waals surface area contributed by atoms with Crippen LogP contribution < -0.4 is 10.2 Å². The predicted octanol–water partition coefficient (Wildman–Crippen LogP) is 1.82. The highest BCUT2D eigenvalue weighted by molar-refractivity contribution is 5.39. The van der Waals surface area contributed by atoms with Crippen molar-refractivity contribution < 1.29 is 0 Å². The van der Waals surface area contributed by atoms with Crippen LogP contribution in [0.5, 0.6) is 0 Å². The average Bonchev–Trinajstić information content (AvgIpc) is 3.10. The molecular formula is C13H22N4. The van der Waals surface area contributed by atoms with Gasteiger partial charge in [0.15, 0.2) is 0 Å². The Morgan fingerprint density at radius 2 is 2.18 bits per heavy atom. The first-order valence-electron chi connectivity index (χ1n) is 6.43. The van der Waals surface area contributed by atoms with Crippen LogP contribution in [0.4, 0.5) is 5.82 Å². The van der Waals surface area contributed by atoms with Crippen molar-refractivity contribution in [1.82, 2.24) is 15.3 Å². The standard InChI is InChI=1S/C13H22N4/c1-10(2)9-17(12-4-5-12)13-8-15-7-11(16-13)6-14-3/h7-8,10,12,14H,4-6,9H2,1-3H3. The van der Waals surface area contributed by atoms with Gasteiger partial charge >= 0.3 is 0 Å². The molecular weight excluding hydrogens is 212 g/mol. The minimum absolute atomic E-state index is 0.658. The minimum atomic E-state index is 0.658. The largest absolute Gasteiger partial charge is 0.352 e. The molecule has 1 N–H and O–H groups in total. The Kier molecular flexibility index (Phi) is 3.94. The predicted molar refractivity (Wildman–Crippen MR) is 70.0 cm³/mol. The summed E-state index contributed by atoms with van der Waals surface area (Å²) in [5.41, 5.74) is 1.01. The summed E-state index contributed by atoms with van der Waals surface area (Å²) in [6.07, 6.45) is 6.32. The van der Waals surface area contributed by atoms with Crippen LogP contribution in [0.3, 0.4) is 0 Å². The van der Waals surface area contributed by atoms with E-state index < -0.39 is 0 Å². The van der Waals surface area contributed by atoms with Crippen LogP contribution in [0.15, 0.2) is 12.4 Å². The van der Waals surface area contributed by atoms with E-state index >= 15 is 0 Å². The molecule has 0 unspecified atom stereocenters. The third-order valence-electron chi connectivity index (χ3n) is 2.87. The first-order valence-corrected chi connectivity index (χ1v) is 6.43. The Morgan fingerprint density at radius 1 is 1.41 bits per heavy atom. The Labute approximate surface area is 103 Å². The van der Waals surface area contributed by atoms with Crippen LogP contribution in [0.2, 0.25) is 0 Å². The summed E-state index contributed by atoms with van der Waals surface area (Å²) in [4.78, 5) is 11.4. The quantitative estimate of drug-likeness (QED) is 0.815. The topological polar surface area (TPSA) is 41.1 Å². The maximum absolute atomic E-state index is 4.68. The van der Waals surface area contributed by atoms with Gasteiger partial charge in [-0.3, -0.25) is 4.98 Å². The molecule has 1 heterocycles. The monoisotopic (exact) mass is 234 g/mol. The molecule has 0 aliphatic heterocycles. The van der Waals surface area contributed by atoms with Crippen molar-refractivity contribution in [3.05, 3.63) is 18.1 Å². The molecule has 1 fully saturated rings. The maximum Gasteiger partial charge on any atom is 0.147 e. The van der Waals surface area contributed by atoms with Crippen LogP contribution in [-0.4, -0.2) is 29.6 Å². The number of anilines is 1. The van der Waals surface area contributed by atoms with Crippen molar-refractivity contribution in [2.45, 2.75) is 39.3 Å². The molecule has 0 spiro atoms. The first-order chi connectivity index (χ1) is 8.20. The summed E-state index contributed by atoms with van der Waals surface area (Å²) in [5.74, 6) is 1.69. The number of hydrogen-bond donors (Lipinski definition) is 1. The summed E-state index contributed by atoms with van der Waals surface area (Å²) in [6, 6.07) is 0.691. The van der Waals surface area contributed by atoms with Gasteiger partial charge in [0.2, 0.25) is 0 Å². The zero-order chi connectivity index (χ0) is 12.3. The van der Waals surface area contributed by atoms with Crippen molar-refractivity contribution in [1.29, 1.82) is 0 Å². The molecule has 0 saturated heterocycles. The molecule has 1 aliphatic rings. The van der Waals surface area contributed by atoms with Gasteiger partial charge in [0.05, 0.1) is 11.9 Å². The Balaban J connectivity index is 2.13. The first kappa shape index (κ1) is 12.3. The molecule has 94 valence electrons. The number of hydrogen-bond acceptors (Lipinski definition) is 4. The highest BCUT2D eigenvalue weighted by atomic mass is 15.2. The summed E-state index contributed by atoms with van der Waals surface area (Å²) >= 11 is 0. The van der Waals surface area contributed by atoms with Crippen LogP contribution in [0.1, 0.15) is 32.4 Å². The van der Waals surface area contributed by atoms with Crippen LogP contribution >= 0.6 is 0 Å². The minimum Gasteiger partial charge on any atom is -0.352 e. The number of nitrogens with one attached hydrogen (secondary N) is 1. The second kappa shape index (κ2) is 5.45. The third kappa shape index (κ3) is 3.40. The van der Waals surface area contributed by atoms with Gasteiger partial charge in [-0.25, -0.2) is 4.98 Å². The molecule has 1 aliphatic carbocycles. The van der Waals surface area contributed by atoms with Crippen molar-refractivity contribution in [3.63, 3.8) is 0 Å². The van der Waals surface area contributed by atoms with E-state index in [4.69, 9.17) is 0 Å². The molecule has 1 aromatic rings. The second-order valence-electron chi connectivity index (χ2n) is 5.18. The van der Waals surface area contributed by atoms with E-state index in [2.05, 4.69) is 34.0 Å². The van der Waals surface area contributed by atoms with Gasteiger partial charge in [-0.15, -0.1) is 0 Å². The summed E-state index contributed by atoms with van der Waals surface area (Å²) < 4.78 is 0. The zero-order valence-electron chi connectivity index (χ0n) is 11.0. The zero-order valence-corrected chi connectivity index (χ0v) is 11.0. The molecule has 0 atom stereocenters. The van der Waals surface area contributed by atoms with E-state index in [0.29, 0.717) is 12.0 Å². The second-order valence-corrected chi connectivity index (χ2v) is 5.18. The summed E-state index contributed by atoms with van der Waals surface area (Å²) in [6.45, 7) is 6.35. The lowest BCUT2D eigenvalue weighted by molar-refractivity contribution is 0.600. The van der Waals surface area contributed by atoms with Gasteiger partial charge in [0.25, 0.3) is 0 Å². The highest BCUT2D eigenvalue weighted by Crippen LogP contribution is 2.31. The van der Waals surface area contributed by atoms with Crippen molar-refractivity contribution in [2.24, 2.45) is 5.92 Å². The van der Waals surface area contributed by atoms with Gasteiger partial charge in [0, 0.05) is 25.3 Å². The van der Waals surface area contributed by atoms with E-state index in [0.717, 1.165) is 24.6 Å². The summed E-state index contributed by atoms with van der Waals surface area (Å²) in [5, 5.41) is 3.11. The van der Waals surface area contributed by atoms with E-state index in [1.807, 2.05) is 19.4 Å². The van der Waals surface area contributed by atoms with Crippen LogP contribution in [0.25, 0.3) is 0 Å². The Bertz CT molecular complexity index is 360. The fraction of sp³-hybridized carbons (Fsp3) is 0.692. The lowest BCUT2D eigenvalue weighted by Gasteiger charge is -2.25. The Hall–Kier alpha value is -1.16. The summed E-state index contributed by atoms with van der Waals surface area (Å²) in [7, 11) is 1.93. The van der Waals surface area contributed by atoms with Gasteiger partial charge < -0.3 is 10.2 Å². The van der Waals surface area contributed by atoms with Crippen LogP contribution in [0, 0.1) is 5.92 Å². The van der Waals surface area contributed by atoms with Crippen molar-refractivity contribution in [2.75, 3.05) is 18.5 Å². The van der Waals surface area contributed by atoms with Gasteiger partial charge in [-0.2, -0.15) is 0 Å². The molecule has 2 rings (SSSR count). The fourth-order valence-electron chi connectivity index (χ4n) is 2.01. The number of aromatic nitrogens is 2. The molecule has 4 nitrogen and oxygen atoms in total. The lowest BCUT2D eigenvalue weighted by Crippen LogP contribution is -2.31. The van der Waals surface area contributed by atoms with E-state index in [1.165, 1.54) is 12.8 Å². The molecule has 4 heteroatoms. The lowest BCUT2D eigenvalue weighted by atomic mass is 10.2. The smallest absolute Gasteiger partial charge is 0.147 e. The molecule has 1 saturated carbocycles. The van der Waals surface area contributed by atoms with E-state index in [9.17, 15) is 0 Å². The van der Waals surface area contributed by atoms with Crippen molar-refractivity contribution >= 4 is 5.82 Å². The number of nitrogens with zero attached hydrogens (tertiary/aromatic N) is 3. The normalized spacial score (nSPS) is 15.3. The molecule has 0 bridgehead atoms. The highest BCUT2D eigenvalue weighted by Gasteiger charge is 2.30. The molecule has 0 amide bonds. The van der Waals surface area contributed by atoms with Crippen molar-refractivity contribution in [3.8, 4) is 0 Å². The molecule has 1 aromatic heterocycles.